The van der Waals surface area contributed by atoms with Gasteiger partial charge >= 0.3 is 0 Å². The quantitative estimate of drug-likeness (QED) is 0.560. The van der Waals surface area contributed by atoms with Crippen LogP contribution in [0.2, 0.25) is 0 Å². The Morgan fingerprint density at radius 2 is 1.76 bits per heavy atom. The van der Waals surface area contributed by atoms with Crippen molar-refractivity contribution in [1.82, 2.24) is 14.4 Å². The average molecular weight is 470 g/mol. The van der Waals surface area contributed by atoms with Crippen LogP contribution < -0.4 is 9.47 Å². The highest BCUT2D eigenvalue weighted by Gasteiger charge is 2.33. The van der Waals surface area contributed by atoms with Crippen LogP contribution in [-0.2, 0) is 10.0 Å². The third-order valence-electron chi connectivity index (χ3n) is 6.45. The molecule has 3 aromatic rings. The molecular weight excluding hydrogens is 442 g/mol. The molecule has 2 aliphatic rings. The topological polar surface area (TPSA) is 94.8 Å². The van der Waals surface area contributed by atoms with Crippen molar-refractivity contribution in [1.29, 1.82) is 0 Å². The Bertz CT molecular complexity index is 1250. The summed E-state index contributed by atoms with van der Waals surface area (Å²) in [7, 11) is -3.62. The van der Waals surface area contributed by atoms with Gasteiger partial charge in [-0.25, -0.2) is 8.42 Å². The number of hydrogen-bond acceptors (Lipinski definition) is 7. The molecule has 9 heteroatoms. The summed E-state index contributed by atoms with van der Waals surface area (Å²) in [6, 6.07) is 13.0. The van der Waals surface area contributed by atoms with Gasteiger partial charge in [0.05, 0.1) is 4.90 Å². The van der Waals surface area contributed by atoms with E-state index in [0.717, 1.165) is 0 Å². The molecule has 0 aliphatic carbocycles. The molecule has 2 aliphatic heterocycles. The summed E-state index contributed by atoms with van der Waals surface area (Å²) in [5.41, 5.74) is 2.36. The standard InChI is InChI=1S/C24H27N3O5S/c1-16-5-3-4-6-20(16)17(2)23-25-24(32-26-23)18-9-11-27(12-10-18)33(28,29)19-7-8-21-22(15-19)31-14-13-30-21/h3-8,15,17-18H,9-14H2,1-2H3/t17-/m0/s1. The van der Waals surface area contributed by atoms with Crippen LogP contribution in [0.15, 0.2) is 51.9 Å². The van der Waals surface area contributed by atoms with E-state index in [1.54, 1.807) is 18.2 Å². The molecule has 0 N–H and O–H groups in total. The third kappa shape index (κ3) is 4.22. The van der Waals surface area contributed by atoms with Gasteiger partial charge in [-0.2, -0.15) is 9.29 Å². The summed E-state index contributed by atoms with van der Waals surface area (Å²) in [4.78, 5) is 4.89. The highest BCUT2D eigenvalue weighted by Crippen LogP contribution is 2.35. The zero-order chi connectivity index (χ0) is 23.0. The summed E-state index contributed by atoms with van der Waals surface area (Å²) >= 11 is 0. The molecule has 5 rings (SSSR count). The Balaban J connectivity index is 1.26. The number of piperidine rings is 1. The van der Waals surface area contributed by atoms with Crippen LogP contribution in [0.1, 0.15) is 54.4 Å². The summed E-state index contributed by atoms with van der Waals surface area (Å²) in [6.07, 6.45) is 1.26. The maximum absolute atomic E-state index is 13.2. The normalized spacial score (nSPS) is 18.2. The first kappa shape index (κ1) is 21.9. The van der Waals surface area contributed by atoms with Crippen LogP contribution in [0, 0.1) is 6.92 Å². The van der Waals surface area contributed by atoms with Gasteiger partial charge in [0, 0.05) is 31.0 Å². The molecule has 3 heterocycles. The van der Waals surface area contributed by atoms with Crippen molar-refractivity contribution in [3.63, 3.8) is 0 Å². The van der Waals surface area contributed by atoms with Crippen molar-refractivity contribution in [2.75, 3.05) is 26.3 Å². The van der Waals surface area contributed by atoms with Crippen LogP contribution >= 0.6 is 0 Å². The molecule has 0 unspecified atom stereocenters. The fourth-order valence-corrected chi connectivity index (χ4v) is 5.96. The van der Waals surface area contributed by atoms with Gasteiger partial charge in [-0.15, -0.1) is 0 Å². The lowest BCUT2D eigenvalue weighted by molar-refractivity contribution is 0.171. The maximum atomic E-state index is 13.2. The lowest BCUT2D eigenvalue weighted by Gasteiger charge is -2.30. The summed E-state index contributed by atoms with van der Waals surface area (Å²) < 4.78 is 44.5. The molecule has 1 saturated heterocycles. The Kier molecular flexibility index (Phi) is 5.84. The predicted octanol–water partition coefficient (Wildman–Crippen LogP) is 3.87. The molecular formula is C24H27N3O5S. The number of hydrogen-bond donors (Lipinski definition) is 0. The Labute approximate surface area is 193 Å². The van der Waals surface area contributed by atoms with Gasteiger partial charge < -0.3 is 14.0 Å². The second-order valence-electron chi connectivity index (χ2n) is 8.55. The van der Waals surface area contributed by atoms with E-state index in [4.69, 9.17) is 14.0 Å². The molecule has 0 bridgehead atoms. The van der Waals surface area contributed by atoms with E-state index in [-0.39, 0.29) is 16.7 Å². The van der Waals surface area contributed by atoms with Gasteiger partial charge in [0.25, 0.3) is 0 Å². The minimum Gasteiger partial charge on any atom is -0.486 e. The lowest BCUT2D eigenvalue weighted by atomic mass is 9.95. The molecule has 0 spiro atoms. The third-order valence-corrected chi connectivity index (χ3v) is 8.35. The van der Waals surface area contributed by atoms with E-state index >= 15 is 0 Å². The fourth-order valence-electron chi connectivity index (χ4n) is 4.48. The van der Waals surface area contributed by atoms with E-state index in [1.807, 2.05) is 12.1 Å². The van der Waals surface area contributed by atoms with Gasteiger partial charge in [-0.1, -0.05) is 36.3 Å². The van der Waals surface area contributed by atoms with Crippen molar-refractivity contribution in [2.45, 2.75) is 43.4 Å². The number of aromatic nitrogens is 2. The minimum atomic E-state index is -3.62. The van der Waals surface area contributed by atoms with E-state index in [9.17, 15) is 8.42 Å². The first-order valence-corrected chi connectivity index (χ1v) is 12.7. The van der Waals surface area contributed by atoms with Crippen LogP contribution in [0.3, 0.4) is 0 Å². The Morgan fingerprint density at radius 3 is 2.52 bits per heavy atom. The number of ether oxygens (including phenoxy) is 2. The molecule has 1 fully saturated rings. The van der Waals surface area contributed by atoms with Crippen molar-refractivity contribution in [2.24, 2.45) is 0 Å². The first-order valence-electron chi connectivity index (χ1n) is 11.2. The second-order valence-corrected chi connectivity index (χ2v) is 10.5. The van der Waals surface area contributed by atoms with Crippen molar-refractivity contribution >= 4 is 10.0 Å². The number of benzene rings is 2. The van der Waals surface area contributed by atoms with Crippen molar-refractivity contribution < 1.29 is 22.4 Å². The highest BCUT2D eigenvalue weighted by molar-refractivity contribution is 7.89. The fraction of sp³-hybridized carbons (Fsp3) is 0.417. The molecule has 1 aromatic heterocycles. The van der Waals surface area contributed by atoms with E-state index in [0.29, 0.717) is 62.4 Å². The van der Waals surface area contributed by atoms with Crippen LogP contribution in [-0.4, -0.2) is 49.2 Å². The molecule has 1 atom stereocenters. The largest absolute Gasteiger partial charge is 0.486 e. The highest BCUT2D eigenvalue weighted by atomic mass is 32.2. The van der Waals surface area contributed by atoms with Gasteiger partial charge in [0.15, 0.2) is 17.3 Å². The maximum Gasteiger partial charge on any atom is 0.243 e. The summed E-state index contributed by atoms with van der Waals surface area (Å²) in [5.74, 6) is 2.36. The van der Waals surface area contributed by atoms with Crippen LogP contribution in [0.25, 0.3) is 0 Å². The van der Waals surface area contributed by atoms with Gasteiger partial charge in [-0.3, -0.25) is 0 Å². The molecule has 174 valence electrons. The number of nitrogens with zero attached hydrogens (tertiary/aromatic N) is 3. The number of sulfonamides is 1. The van der Waals surface area contributed by atoms with Gasteiger partial charge in [0.2, 0.25) is 15.9 Å². The average Bonchev–Trinajstić information content (AvgIpc) is 3.34. The lowest BCUT2D eigenvalue weighted by Crippen LogP contribution is -2.38. The predicted molar refractivity (Wildman–Crippen MR) is 121 cm³/mol. The van der Waals surface area contributed by atoms with Gasteiger partial charge in [0.1, 0.15) is 13.2 Å². The first-order chi connectivity index (χ1) is 15.9. The van der Waals surface area contributed by atoms with Crippen LogP contribution in [0.4, 0.5) is 0 Å². The van der Waals surface area contributed by atoms with Crippen molar-refractivity contribution in [3.8, 4) is 11.5 Å². The number of fused-ring (bicyclic) bond motifs is 1. The molecule has 0 saturated carbocycles. The second kappa shape index (κ2) is 8.79. The SMILES string of the molecule is Cc1ccccc1[C@H](C)c1noc(C2CCN(S(=O)(=O)c3ccc4c(c3)OCCO4)CC2)n1. The molecule has 2 aromatic carbocycles. The molecule has 8 nitrogen and oxygen atoms in total. The smallest absolute Gasteiger partial charge is 0.243 e. The van der Waals surface area contributed by atoms with E-state index in [1.165, 1.54) is 15.4 Å². The molecule has 0 amide bonds. The van der Waals surface area contributed by atoms with Gasteiger partial charge in [-0.05, 0) is 43.0 Å². The summed E-state index contributed by atoms with van der Waals surface area (Å²) in [5, 5.41) is 4.22. The zero-order valence-corrected chi connectivity index (χ0v) is 19.5. The number of rotatable bonds is 5. The Hall–Kier alpha value is -2.91. The molecule has 0 radical (unpaired) electrons. The van der Waals surface area contributed by atoms with E-state index < -0.39 is 10.0 Å². The van der Waals surface area contributed by atoms with Crippen LogP contribution in [0.5, 0.6) is 11.5 Å². The summed E-state index contributed by atoms with van der Waals surface area (Å²) in [6.45, 7) is 5.81. The zero-order valence-electron chi connectivity index (χ0n) is 18.7. The number of aryl methyl sites for hydroxylation is 1. The van der Waals surface area contributed by atoms with Crippen molar-refractivity contribution in [3.05, 3.63) is 65.3 Å². The molecule has 33 heavy (non-hydrogen) atoms. The minimum absolute atomic E-state index is 0.0272. The Morgan fingerprint density at radius 1 is 1.03 bits per heavy atom. The van der Waals surface area contributed by atoms with E-state index in [2.05, 4.69) is 36.1 Å². The monoisotopic (exact) mass is 469 g/mol.